The molecular formula is C10H14N2O3S. The molecule has 0 unspecified atom stereocenters. The van der Waals surface area contributed by atoms with Crippen LogP contribution in [0.1, 0.15) is 28.6 Å². The van der Waals surface area contributed by atoms with Gasteiger partial charge in [-0.1, -0.05) is 6.92 Å². The molecule has 2 amide bonds. The van der Waals surface area contributed by atoms with Crippen LogP contribution in [0.25, 0.3) is 0 Å². The summed E-state index contributed by atoms with van der Waals surface area (Å²) in [4.78, 5) is 22.4. The van der Waals surface area contributed by atoms with Crippen LogP contribution in [0.15, 0.2) is 5.38 Å². The molecule has 0 aliphatic heterocycles. The Morgan fingerprint density at radius 2 is 2.19 bits per heavy atom. The van der Waals surface area contributed by atoms with Crippen molar-refractivity contribution in [3.05, 3.63) is 15.8 Å². The first kappa shape index (κ1) is 12.5. The molecule has 0 saturated carbocycles. The first-order chi connectivity index (χ1) is 7.56. The maximum atomic E-state index is 11.4. The molecule has 1 heterocycles. The number of carbonyl (C=O) groups is 2. The van der Waals surface area contributed by atoms with Gasteiger partial charge in [-0.2, -0.15) is 0 Å². The molecule has 5 nitrogen and oxygen atoms in total. The van der Waals surface area contributed by atoms with Crippen molar-refractivity contribution in [3.8, 4) is 0 Å². The summed E-state index contributed by atoms with van der Waals surface area (Å²) in [5.41, 5.74) is 1.14. The lowest BCUT2D eigenvalue weighted by Gasteiger charge is -2.07. The zero-order chi connectivity index (χ0) is 12.1. The average Bonchev–Trinajstić information content (AvgIpc) is 2.58. The van der Waals surface area contributed by atoms with Crippen LogP contribution in [0.3, 0.4) is 0 Å². The number of aromatic carboxylic acids is 1. The minimum absolute atomic E-state index is 0.157. The van der Waals surface area contributed by atoms with Gasteiger partial charge in [0.1, 0.15) is 4.88 Å². The lowest BCUT2D eigenvalue weighted by Crippen LogP contribution is -2.29. The maximum Gasteiger partial charge on any atom is 0.348 e. The number of hydrogen-bond acceptors (Lipinski definition) is 3. The van der Waals surface area contributed by atoms with Gasteiger partial charge in [0.2, 0.25) is 0 Å². The highest BCUT2D eigenvalue weighted by Gasteiger charge is 2.16. The number of hydrogen-bond donors (Lipinski definition) is 3. The second-order valence-corrected chi connectivity index (χ2v) is 4.19. The molecule has 0 atom stereocenters. The highest BCUT2D eigenvalue weighted by atomic mass is 32.1. The third-order valence-corrected chi connectivity index (χ3v) is 3.03. The van der Waals surface area contributed by atoms with Crippen LogP contribution in [0.4, 0.5) is 10.5 Å². The van der Waals surface area contributed by atoms with E-state index in [1.807, 2.05) is 6.92 Å². The molecule has 6 heteroatoms. The van der Waals surface area contributed by atoms with Crippen LogP contribution in [-0.2, 0) is 0 Å². The van der Waals surface area contributed by atoms with Gasteiger partial charge in [0.25, 0.3) is 0 Å². The van der Waals surface area contributed by atoms with E-state index in [0.29, 0.717) is 12.2 Å². The van der Waals surface area contributed by atoms with E-state index in [1.54, 1.807) is 12.3 Å². The first-order valence-corrected chi connectivity index (χ1v) is 5.80. The fourth-order valence-electron chi connectivity index (χ4n) is 1.15. The number of carboxylic acids is 1. The van der Waals surface area contributed by atoms with E-state index in [4.69, 9.17) is 5.11 Å². The smallest absolute Gasteiger partial charge is 0.348 e. The van der Waals surface area contributed by atoms with Crippen molar-refractivity contribution in [3.63, 3.8) is 0 Å². The Balaban J connectivity index is 2.76. The normalized spacial score (nSPS) is 9.88. The largest absolute Gasteiger partial charge is 0.477 e. The Kier molecular flexibility index (Phi) is 4.30. The van der Waals surface area contributed by atoms with Gasteiger partial charge in [-0.05, 0) is 24.3 Å². The minimum Gasteiger partial charge on any atom is -0.477 e. The van der Waals surface area contributed by atoms with Crippen LogP contribution >= 0.6 is 11.3 Å². The second-order valence-electron chi connectivity index (χ2n) is 3.31. The van der Waals surface area contributed by atoms with E-state index in [9.17, 15) is 9.59 Å². The topological polar surface area (TPSA) is 78.4 Å². The molecule has 0 saturated heterocycles. The monoisotopic (exact) mass is 242 g/mol. The molecule has 0 fully saturated rings. The highest BCUT2D eigenvalue weighted by Crippen LogP contribution is 2.27. The number of anilines is 1. The summed E-state index contributed by atoms with van der Waals surface area (Å²) < 4.78 is 0. The van der Waals surface area contributed by atoms with Crippen molar-refractivity contribution in [2.75, 3.05) is 11.9 Å². The van der Waals surface area contributed by atoms with Gasteiger partial charge in [0, 0.05) is 6.54 Å². The minimum atomic E-state index is -1.02. The van der Waals surface area contributed by atoms with Gasteiger partial charge in [0.05, 0.1) is 5.69 Å². The molecule has 88 valence electrons. The molecule has 1 aromatic rings. The van der Waals surface area contributed by atoms with Crippen molar-refractivity contribution >= 4 is 29.0 Å². The Morgan fingerprint density at radius 3 is 2.75 bits per heavy atom. The Hall–Kier alpha value is -1.56. The fourth-order valence-corrected chi connectivity index (χ4v) is 2.00. The summed E-state index contributed by atoms with van der Waals surface area (Å²) in [6, 6.07) is -0.370. The van der Waals surface area contributed by atoms with Crippen LogP contribution in [0.5, 0.6) is 0 Å². The third kappa shape index (κ3) is 2.96. The van der Waals surface area contributed by atoms with Crippen LogP contribution in [0.2, 0.25) is 0 Å². The fraction of sp³-hybridized carbons (Fsp3) is 0.400. The number of urea groups is 1. The summed E-state index contributed by atoms with van der Waals surface area (Å²) in [5.74, 6) is -1.02. The molecule has 3 N–H and O–H groups in total. The van der Waals surface area contributed by atoms with Gasteiger partial charge in [-0.25, -0.2) is 9.59 Å². The average molecular weight is 242 g/mol. The van der Waals surface area contributed by atoms with Gasteiger partial charge in [-0.3, -0.25) is 0 Å². The molecule has 0 aromatic carbocycles. The quantitative estimate of drug-likeness (QED) is 0.758. The molecule has 16 heavy (non-hydrogen) atoms. The van der Waals surface area contributed by atoms with Crippen LogP contribution in [0, 0.1) is 6.92 Å². The van der Waals surface area contributed by atoms with Gasteiger partial charge < -0.3 is 15.7 Å². The Morgan fingerprint density at radius 1 is 1.50 bits per heavy atom. The lowest BCUT2D eigenvalue weighted by atomic mass is 10.3. The molecular weight excluding hydrogens is 228 g/mol. The summed E-state index contributed by atoms with van der Waals surface area (Å²) in [5, 5.41) is 15.8. The summed E-state index contributed by atoms with van der Waals surface area (Å²) in [6.45, 7) is 4.27. The number of rotatable bonds is 4. The predicted octanol–water partition coefficient (Wildman–Crippen LogP) is 2.29. The summed E-state index contributed by atoms with van der Waals surface area (Å²) in [6.07, 6.45) is 0.835. The zero-order valence-corrected chi connectivity index (χ0v) is 9.98. The third-order valence-electron chi connectivity index (χ3n) is 1.94. The zero-order valence-electron chi connectivity index (χ0n) is 9.16. The maximum absolute atomic E-state index is 11.4. The highest BCUT2D eigenvalue weighted by molar-refractivity contribution is 7.12. The van der Waals surface area contributed by atoms with Crippen molar-refractivity contribution < 1.29 is 14.7 Å². The predicted molar refractivity (Wildman–Crippen MR) is 63.3 cm³/mol. The number of carboxylic acid groups (broad SMARTS) is 1. The molecule has 0 aliphatic rings. The van der Waals surface area contributed by atoms with Gasteiger partial charge in [-0.15, -0.1) is 11.3 Å². The van der Waals surface area contributed by atoms with E-state index in [1.165, 1.54) is 0 Å². The number of aryl methyl sites for hydroxylation is 1. The SMILES string of the molecule is CCCNC(=O)Nc1c(C)csc1C(=O)O. The Labute approximate surface area is 97.5 Å². The molecule has 1 aromatic heterocycles. The number of thiophene rings is 1. The van der Waals surface area contributed by atoms with Crippen LogP contribution in [-0.4, -0.2) is 23.7 Å². The molecule has 1 rings (SSSR count). The lowest BCUT2D eigenvalue weighted by molar-refractivity contribution is 0.0703. The molecule has 0 bridgehead atoms. The number of amides is 2. The summed E-state index contributed by atoms with van der Waals surface area (Å²) in [7, 11) is 0. The second kappa shape index (κ2) is 5.50. The van der Waals surface area contributed by atoms with E-state index >= 15 is 0 Å². The summed E-state index contributed by atoms with van der Waals surface area (Å²) >= 11 is 1.11. The van der Waals surface area contributed by atoms with Crippen LogP contribution < -0.4 is 10.6 Å². The Bertz CT molecular complexity index is 401. The van der Waals surface area contributed by atoms with E-state index in [2.05, 4.69) is 10.6 Å². The van der Waals surface area contributed by atoms with Gasteiger partial charge >= 0.3 is 12.0 Å². The molecule has 0 aliphatic carbocycles. The van der Waals surface area contributed by atoms with Gasteiger partial charge in [0.15, 0.2) is 0 Å². The van der Waals surface area contributed by atoms with Crippen molar-refractivity contribution in [1.82, 2.24) is 5.32 Å². The van der Waals surface area contributed by atoms with E-state index in [-0.39, 0.29) is 10.9 Å². The molecule has 0 radical (unpaired) electrons. The van der Waals surface area contributed by atoms with E-state index < -0.39 is 5.97 Å². The van der Waals surface area contributed by atoms with Crippen molar-refractivity contribution in [2.45, 2.75) is 20.3 Å². The number of carbonyl (C=O) groups excluding carboxylic acids is 1. The van der Waals surface area contributed by atoms with Crippen molar-refractivity contribution in [2.24, 2.45) is 0 Å². The van der Waals surface area contributed by atoms with Crippen molar-refractivity contribution in [1.29, 1.82) is 0 Å². The first-order valence-electron chi connectivity index (χ1n) is 4.92. The molecule has 0 spiro atoms. The standard InChI is InChI=1S/C10H14N2O3S/c1-3-4-11-10(15)12-7-6(2)5-16-8(7)9(13)14/h5H,3-4H2,1-2H3,(H,13,14)(H2,11,12,15). The number of nitrogens with one attached hydrogen (secondary N) is 2. The van der Waals surface area contributed by atoms with E-state index in [0.717, 1.165) is 23.3 Å².